The minimum absolute atomic E-state index is 0.171. The number of alkyl carbamates (subject to hydrolysis) is 1. The highest BCUT2D eigenvalue weighted by Crippen LogP contribution is 2.29. The van der Waals surface area contributed by atoms with Crippen molar-refractivity contribution in [1.29, 1.82) is 0 Å². The molecule has 0 aliphatic rings. The Morgan fingerprint density at radius 2 is 1.64 bits per heavy atom. The normalized spacial score (nSPS) is 13.5. The first kappa shape index (κ1) is 27.9. The van der Waals surface area contributed by atoms with Gasteiger partial charge in [0.25, 0.3) is 0 Å². The third kappa shape index (κ3) is 10.8. The van der Waals surface area contributed by atoms with E-state index in [0.29, 0.717) is 5.56 Å². The summed E-state index contributed by atoms with van der Waals surface area (Å²) in [7, 11) is 0. The van der Waals surface area contributed by atoms with Crippen molar-refractivity contribution in [1.82, 2.24) is 5.32 Å². The summed E-state index contributed by atoms with van der Waals surface area (Å²) in [5.74, 6) is -1.83. The Labute approximate surface area is 194 Å². The third-order valence-electron chi connectivity index (χ3n) is 4.12. The van der Waals surface area contributed by atoms with Crippen LogP contribution in [0.15, 0.2) is 18.2 Å². The molecule has 1 N–H and O–H groups in total. The lowest BCUT2D eigenvalue weighted by Crippen LogP contribution is -2.42. The maximum absolute atomic E-state index is 12.4. The molecule has 1 amide bonds. The van der Waals surface area contributed by atoms with E-state index in [1.54, 1.807) is 54.5 Å². The van der Waals surface area contributed by atoms with Crippen LogP contribution >= 0.6 is 0 Å². The van der Waals surface area contributed by atoms with Crippen molar-refractivity contribution in [3.05, 3.63) is 33.9 Å². The molecule has 10 nitrogen and oxygen atoms in total. The van der Waals surface area contributed by atoms with Gasteiger partial charge in [0.1, 0.15) is 11.2 Å². The molecule has 0 saturated carbocycles. The van der Waals surface area contributed by atoms with Gasteiger partial charge < -0.3 is 19.5 Å². The van der Waals surface area contributed by atoms with E-state index in [4.69, 9.17) is 14.2 Å². The number of amides is 1. The Bertz CT molecular complexity index is 883. The van der Waals surface area contributed by atoms with E-state index in [2.05, 4.69) is 5.32 Å². The first-order valence-corrected chi connectivity index (χ1v) is 10.6. The van der Waals surface area contributed by atoms with Crippen LogP contribution in [0.2, 0.25) is 0 Å². The Morgan fingerprint density at radius 3 is 2.12 bits per heavy atom. The Kier molecular flexibility index (Phi) is 9.38. The smallest absolute Gasteiger partial charge is 0.407 e. The number of ether oxygens (including phenoxy) is 3. The molecule has 0 aromatic heterocycles. The predicted octanol–water partition coefficient (Wildman–Crippen LogP) is 4.32. The highest BCUT2D eigenvalue weighted by Gasteiger charge is 2.28. The minimum Gasteiger partial charge on any atom is -0.460 e. The number of carbonyl (C=O) groups is 3. The summed E-state index contributed by atoms with van der Waals surface area (Å²) >= 11 is 0. The van der Waals surface area contributed by atoms with Gasteiger partial charge in [0, 0.05) is 19.0 Å². The summed E-state index contributed by atoms with van der Waals surface area (Å²) in [4.78, 5) is 46.8. The summed E-state index contributed by atoms with van der Waals surface area (Å²) in [6, 6.07) is 3.59. The van der Waals surface area contributed by atoms with Crippen molar-refractivity contribution in [3.8, 4) is 5.75 Å². The fourth-order valence-corrected chi connectivity index (χ4v) is 2.95. The molecule has 33 heavy (non-hydrogen) atoms. The second-order valence-electron chi connectivity index (χ2n) is 9.87. The van der Waals surface area contributed by atoms with Crippen LogP contribution < -0.4 is 10.1 Å². The van der Waals surface area contributed by atoms with Gasteiger partial charge in [0.2, 0.25) is 5.75 Å². The van der Waals surface area contributed by atoms with Crippen LogP contribution in [0.5, 0.6) is 5.75 Å². The molecule has 0 spiro atoms. The van der Waals surface area contributed by atoms with Gasteiger partial charge in [-0.3, -0.25) is 19.7 Å². The number of nitro benzene ring substituents is 1. The van der Waals surface area contributed by atoms with E-state index < -0.39 is 46.1 Å². The molecule has 1 aromatic carbocycles. The Morgan fingerprint density at radius 1 is 1.06 bits per heavy atom. The zero-order chi connectivity index (χ0) is 25.6. The van der Waals surface area contributed by atoms with Crippen molar-refractivity contribution >= 4 is 23.7 Å². The van der Waals surface area contributed by atoms with Crippen LogP contribution in [0.4, 0.5) is 10.5 Å². The average Bonchev–Trinajstić information content (AvgIpc) is 2.59. The van der Waals surface area contributed by atoms with E-state index in [9.17, 15) is 24.5 Å². The summed E-state index contributed by atoms with van der Waals surface area (Å²) in [6.45, 7) is 13.3. The van der Waals surface area contributed by atoms with Crippen molar-refractivity contribution in [2.45, 2.75) is 85.5 Å². The van der Waals surface area contributed by atoms with Crippen LogP contribution in [-0.4, -0.2) is 40.2 Å². The fraction of sp³-hybridized carbons (Fsp3) is 0.609. The molecule has 10 heteroatoms. The number of hydrogen-bond acceptors (Lipinski definition) is 8. The molecule has 1 rings (SSSR count). The lowest BCUT2D eigenvalue weighted by Gasteiger charge is -2.27. The molecule has 0 saturated heterocycles. The van der Waals surface area contributed by atoms with Gasteiger partial charge in [-0.1, -0.05) is 13.0 Å². The molecule has 0 aliphatic heterocycles. The van der Waals surface area contributed by atoms with Crippen LogP contribution in [-0.2, 0) is 25.5 Å². The van der Waals surface area contributed by atoms with Gasteiger partial charge in [0.05, 0.1) is 10.8 Å². The molecule has 0 bridgehead atoms. The number of carbonyl (C=O) groups excluding carboxylic acids is 3. The van der Waals surface area contributed by atoms with Gasteiger partial charge >= 0.3 is 23.7 Å². The molecular formula is C23H34N2O8. The molecule has 0 fully saturated rings. The molecule has 0 heterocycles. The highest BCUT2D eigenvalue weighted by molar-refractivity contribution is 5.73. The van der Waals surface area contributed by atoms with Gasteiger partial charge in [0.15, 0.2) is 0 Å². The average molecular weight is 467 g/mol. The lowest BCUT2D eigenvalue weighted by atomic mass is 9.95. The van der Waals surface area contributed by atoms with Gasteiger partial charge in [-0.05, 0) is 66.0 Å². The maximum atomic E-state index is 12.4. The van der Waals surface area contributed by atoms with Crippen LogP contribution in [0.25, 0.3) is 0 Å². The van der Waals surface area contributed by atoms with Crippen molar-refractivity contribution in [3.63, 3.8) is 0 Å². The quantitative estimate of drug-likeness (QED) is 0.259. The number of nitrogens with one attached hydrogen (secondary N) is 1. The van der Waals surface area contributed by atoms with E-state index in [1.807, 2.05) is 0 Å². The summed E-state index contributed by atoms with van der Waals surface area (Å²) in [6.07, 6.45) is -0.281. The van der Waals surface area contributed by atoms with Crippen molar-refractivity contribution in [2.24, 2.45) is 5.92 Å². The highest BCUT2D eigenvalue weighted by atomic mass is 16.6. The van der Waals surface area contributed by atoms with Gasteiger partial charge in [-0.15, -0.1) is 0 Å². The zero-order valence-electron chi connectivity index (χ0n) is 20.5. The number of benzene rings is 1. The number of nitrogens with zero attached hydrogens (tertiary/aromatic N) is 1. The predicted molar refractivity (Wildman–Crippen MR) is 121 cm³/mol. The van der Waals surface area contributed by atoms with Crippen LogP contribution in [0.3, 0.4) is 0 Å². The van der Waals surface area contributed by atoms with E-state index in [1.165, 1.54) is 12.1 Å². The summed E-state index contributed by atoms with van der Waals surface area (Å²) < 4.78 is 15.6. The largest absolute Gasteiger partial charge is 0.460 e. The van der Waals surface area contributed by atoms with Gasteiger partial charge in [-0.25, -0.2) is 4.79 Å². The Hall–Kier alpha value is -3.17. The second-order valence-corrected chi connectivity index (χ2v) is 9.87. The maximum Gasteiger partial charge on any atom is 0.407 e. The zero-order valence-corrected chi connectivity index (χ0v) is 20.5. The van der Waals surface area contributed by atoms with E-state index in [-0.39, 0.29) is 24.3 Å². The molecule has 0 unspecified atom stereocenters. The Balaban J connectivity index is 3.14. The fourth-order valence-electron chi connectivity index (χ4n) is 2.95. The second kappa shape index (κ2) is 11.1. The van der Waals surface area contributed by atoms with Crippen molar-refractivity contribution in [2.75, 3.05) is 0 Å². The first-order chi connectivity index (χ1) is 15.0. The number of nitro groups is 1. The molecule has 0 aliphatic carbocycles. The number of rotatable bonds is 8. The summed E-state index contributed by atoms with van der Waals surface area (Å²) in [5, 5.41) is 14.2. The monoisotopic (exact) mass is 466 g/mol. The standard InChI is InChI=1S/C23H34N2O8/c1-14(20(27)32-22(3,4)5)11-17(24-21(28)33-23(6,7)8)12-16-9-10-19(31-15(2)26)18(13-16)25(29)30/h9-10,13-14,17H,11-12H2,1-8H3,(H,24,28)/t14-,17-/m1/s1. The van der Waals surface area contributed by atoms with Crippen LogP contribution in [0, 0.1) is 16.0 Å². The molecule has 1 aromatic rings. The molecule has 184 valence electrons. The summed E-state index contributed by atoms with van der Waals surface area (Å²) in [5.41, 5.74) is -1.25. The van der Waals surface area contributed by atoms with E-state index in [0.717, 1.165) is 6.92 Å². The topological polar surface area (TPSA) is 134 Å². The van der Waals surface area contributed by atoms with Gasteiger partial charge in [-0.2, -0.15) is 0 Å². The van der Waals surface area contributed by atoms with E-state index >= 15 is 0 Å². The molecule has 2 atom stereocenters. The molecular weight excluding hydrogens is 432 g/mol. The van der Waals surface area contributed by atoms with Crippen LogP contribution in [0.1, 0.15) is 67.4 Å². The first-order valence-electron chi connectivity index (χ1n) is 10.6. The number of esters is 2. The SMILES string of the molecule is CC(=O)Oc1ccc(C[C@@H](C[C@@H](C)C(=O)OC(C)(C)C)NC(=O)OC(C)(C)C)cc1[N+](=O)[O-]. The van der Waals surface area contributed by atoms with Crippen molar-refractivity contribution < 1.29 is 33.5 Å². The number of hydrogen-bond donors (Lipinski definition) is 1. The minimum atomic E-state index is -0.726. The lowest BCUT2D eigenvalue weighted by molar-refractivity contribution is -0.385. The third-order valence-corrected chi connectivity index (χ3v) is 4.12. The molecule has 0 radical (unpaired) electrons.